The quantitative estimate of drug-likeness (QED) is 0.661. The van der Waals surface area contributed by atoms with Crippen LogP contribution in [0.3, 0.4) is 0 Å². The Labute approximate surface area is 154 Å². The average Bonchev–Trinajstić information content (AvgIpc) is 3.47. The highest BCUT2D eigenvalue weighted by Gasteiger charge is 2.23. The van der Waals surface area contributed by atoms with E-state index in [1.54, 1.807) is 48.7 Å². The van der Waals surface area contributed by atoms with Gasteiger partial charge in [-0.2, -0.15) is 0 Å². The molecule has 0 unspecified atom stereocenters. The van der Waals surface area contributed by atoms with E-state index in [0.717, 1.165) is 12.8 Å². The zero-order chi connectivity index (χ0) is 18.8. The van der Waals surface area contributed by atoms with E-state index in [9.17, 15) is 14.4 Å². The summed E-state index contributed by atoms with van der Waals surface area (Å²) in [7, 11) is 0. The van der Waals surface area contributed by atoms with Gasteiger partial charge in [-0.15, -0.1) is 0 Å². The van der Waals surface area contributed by atoms with Crippen molar-refractivity contribution in [3.05, 3.63) is 70.8 Å². The first kappa shape index (κ1) is 16.8. The van der Waals surface area contributed by atoms with Crippen molar-refractivity contribution in [1.29, 1.82) is 0 Å². The number of carbonyl (C=O) groups excluding carboxylic acids is 2. The van der Waals surface area contributed by atoms with Crippen LogP contribution in [-0.2, 0) is 0 Å². The van der Waals surface area contributed by atoms with Crippen molar-refractivity contribution in [2.24, 2.45) is 0 Å². The molecular weight excluding hydrogens is 346 g/mol. The van der Waals surface area contributed by atoms with Crippen molar-refractivity contribution in [3.8, 4) is 0 Å². The second-order valence-electron chi connectivity index (χ2n) is 6.31. The van der Waals surface area contributed by atoms with Crippen LogP contribution in [0.15, 0.2) is 59.7 Å². The van der Waals surface area contributed by atoms with Crippen molar-refractivity contribution >= 4 is 29.0 Å². The Balaban J connectivity index is 1.45. The highest BCUT2D eigenvalue weighted by Crippen LogP contribution is 2.19. The zero-order valence-corrected chi connectivity index (χ0v) is 14.3. The molecule has 136 valence electrons. The first-order chi connectivity index (χ1) is 13.1. The summed E-state index contributed by atoms with van der Waals surface area (Å²) >= 11 is 0. The van der Waals surface area contributed by atoms with Gasteiger partial charge >= 0.3 is 6.03 Å². The summed E-state index contributed by atoms with van der Waals surface area (Å²) in [6.45, 7) is 0. The van der Waals surface area contributed by atoms with Crippen molar-refractivity contribution in [3.63, 3.8) is 0 Å². The van der Waals surface area contributed by atoms with Crippen LogP contribution in [-0.4, -0.2) is 27.4 Å². The number of carbonyl (C=O) groups is 2. The van der Waals surface area contributed by atoms with Crippen LogP contribution in [0.4, 0.5) is 16.2 Å². The summed E-state index contributed by atoms with van der Waals surface area (Å²) < 4.78 is 1.32. The van der Waals surface area contributed by atoms with Crippen LogP contribution in [0.5, 0.6) is 0 Å². The Hall–Kier alpha value is -3.68. The van der Waals surface area contributed by atoms with Crippen LogP contribution in [0, 0.1) is 0 Å². The van der Waals surface area contributed by atoms with Crippen LogP contribution in [0.1, 0.15) is 23.2 Å². The van der Waals surface area contributed by atoms with Crippen LogP contribution in [0.25, 0.3) is 5.65 Å². The van der Waals surface area contributed by atoms with Gasteiger partial charge < -0.3 is 16.0 Å². The Morgan fingerprint density at radius 1 is 1.00 bits per heavy atom. The number of amides is 3. The molecule has 1 aliphatic carbocycles. The predicted molar refractivity (Wildman–Crippen MR) is 101 cm³/mol. The number of nitrogens with zero attached hydrogens (tertiary/aromatic N) is 2. The second kappa shape index (κ2) is 6.91. The molecule has 2 aromatic heterocycles. The maximum absolute atomic E-state index is 12.4. The molecule has 1 aliphatic rings. The molecule has 0 radical (unpaired) electrons. The molecule has 1 saturated carbocycles. The first-order valence-electron chi connectivity index (χ1n) is 8.55. The molecular formula is C19H17N5O3. The third kappa shape index (κ3) is 3.79. The SMILES string of the molecule is O=C(Nc1ccc(NC(=O)c2cnc3ccccn3c2=O)cc1)NC1CC1. The van der Waals surface area contributed by atoms with Crippen molar-refractivity contribution in [1.82, 2.24) is 14.7 Å². The molecule has 8 nitrogen and oxygen atoms in total. The molecule has 0 aliphatic heterocycles. The molecule has 0 spiro atoms. The summed E-state index contributed by atoms with van der Waals surface area (Å²) in [5, 5.41) is 8.22. The Bertz CT molecular complexity index is 1070. The minimum atomic E-state index is -0.544. The Morgan fingerprint density at radius 3 is 2.41 bits per heavy atom. The maximum atomic E-state index is 12.4. The number of benzene rings is 1. The van der Waals surface area contributed by atoms with Gasteiger partial charge in [0.1, 0.15) is 11.2 Å². The maximum Gasteiger partial charge on any atom is 0.319 e. The topological polar surface area (TPSA) is 105 Å². The van der Waals surface area contributed by atoms with Gasteiger partial charge in [0.15, 0.2) is 0 Å². The molecule has 4 rings (SSSR count). The molecule has 3 N–H and O–H groups in total. The second-order valence-corrected chi connectivity index (χ2v) is 6.31. The lowest BCUT2D eigenvalue weighted by Gasteiger charge is -2.09. The van der Waals surface area contributed by atoms with E-state index in [2.05, 4.69) is 20.9 Å². The predicted octanol–water partition coefficient (Wildman–Crippen LogP) is 2.23. The number of hydrogen-bond acceptors (Lipinski definition) is 4. The Kier molecular flexibility index (Phi) is 4.29. The number of fused-ring (bicyclic) bond motifs is 1. The minimum Gasteiger partial charge on any atom is -0.335 e. The number of hydrogen-bond donors (Lipinski definition) is 3. The fraction of sp³-hybridized carbons (Fsp3) is 0.158. The monoisotopic (exact) mass is 363 g/mol. The zero-order valence-electron chi connectivity index (χ0n) is 14.3. The van der Waals surface area contributed by atoms with Crippen molar-refractivity contribution < 1.29 is 9.59 Å². The molecule has 0 atom stereocenters. The lowest BCUT2D eigenvalue weighted by molar-refractivity contribution is 0.102. The number of urea groups is 1. The van der Waals surface area contributed by atoms with Crippen molar-refractivity contribution in [2.75, 3.05) is 10.6 Å². The normalized spacial score (nSPS) is 13.2. The largest absolute Gasteiger partial charge is 0.335 e. The molecule has 0 saturated heterocycles. The van der Waals surface area contributed by atoms with Crippen LogP contribution < -0.4 is 21.5 Å². The van der Waals surface area contributed by atoms with Gasteiger partial charge in [-0.05, 0) is 49.2 Å². The molecule has 1 aromatic carbocycles. The van der Waals surface area contributed by atoms with E-state index in [4.69, 9.17) is 0 Å². The van der Waals surface area contributed by atoms with E-state index in [1.807, 2.05) is 0 Å². The summed E-state index contributed by atoms with van der Waals surface area (Å²) in [5.74, 6) is -0.544. The first-order valence-corrected chi connectivity index (χ1v) is 8.55. The van der Waals surface area contributed by atoms with Gasteiger partial charge in [-0.3, -0.25) is 14.0 Å². The third-order valence-corrected chi connectivity index (χ3v) is 4.17. The molecule has 3 aromatic rings. The highest BCUT2D eigenvalue weighted by atomic mass is 16.2. The third-order valence-electron chi connectivity index (χ3n) is 4.17. The van der Waals surface area contributed by atoms with Crippen LogP contribution >= 0.6 is 0 Å². The number of nitrogens with one attached hydrogen (secondary N) is 3. The van der Waals surface area contributed by atoms with E-state index in [1.165, 1.54) is 10.6 Å². The standard InChI is InChI=1S/C19H17N5O3/c25-17(15-11-20-16-3-1-2-10-24(16)18(15)26)21-12-4-6-13(7-5-12)22-19(27)23-14-8-9-14/h1-7,10-11,14H,8-9H2,(H,21,25)(H2,22,23,27). The fourth-order valence-corrected chi connectivity index (χ4v) is 2.60. The number of anilines is 2. The fourth-order valence-electron chi connectivity index (χ4n) is 2.60. The summed E-state index contributed by atoms with van der Waals surface area (Å²) in [5.41, 5.74) is 1.10. The van der Waals surface area contributed by atoms with Gasteiger partial charge in [-0.1, -0.05) is 6.07 Å². The number of aromatic nitrogens is 2. The smallest absolute Gasteiger partial charge is 0.319 e. The molecule has 2 heterocycles. The molecule has 3 amide bonds. The Morgan fingerprint density at radius 2 is 1.70 bits per heavy atom. The summed E-state index contributed by atoms with van der Waals surface area (Å²) in [4.78, 5) is 40.7. The van der Waals surface area contributed by atoms with E-state index in [0.29, 0.717) is 17.0 Å². The van der Waals surface area contributed by atoms with E-state index >= 15 is 0 Å². The van der Waals surface area contributed by atoms with E-state index < -0.39 is 11.5 Å². The van der Waals surface area contributed by atoms with Crippen LogP contribution in [0.2, 0.25) is 0 Å². The number of rotatable bonds is 4. The van der Waals surface area contributed by atoms with Gasteiger partial charge in [-0.25, -0.2) is 9.78 Å². The van der Waals surface area contributed by atoms with Gasteiger partial charge in [0, 0.05) is 29.8 Å². The molecule has 0 bridgehead atoms. The molecule has 8 heteroatoms. The molecule has 27 heavy (non-hydrogen) atoms. The lowest BCUT2D eigenvalue weighted by Crippen LogP contribution is -2.30. The average molecular weight is 363 g/mol. The number of pyridine rings is 1. The minimum absolute atomic E-state index is 0.0512. The summed E-state index contributed by atoms with van der Waals surface area (Å²) in [6.07, 6.45) is 4.86. The van der Waals surface area contributed by atoms with Gasteiger partial charge in [0.25, 0.3) is 11.5 Å². The highest BCUT2D eigenvalue weighted by molar-refractivity contribution is 6.04. The van der Waals surface area contributed by atoms with Gasteiger partial charge in [0.2, 0.25) is 0 Å². The summed E-state index contributed by atoms with van der Waals surface area (Å²) in [6, 6.07) is 11.8. The lowest BCUT2D eigenvalue weighted by atomic mass is 10.2. The molecule has 1 fully saturated rings. The van der Waals surface area contributed by atoms with Gasteiger partial charge in [0.05, 0.1) is 0 Å². The van der Waals surface area contributed by atoms with E-state index in [-0.39, 0.29) is 17.6 Å². The van der Waals surface area contributed by atoms with Crippen molar-refractivity contribution in [2.45, 2.75) is 18.9 Å².